The van der Waals surface area contributed by atoms with Crippen LogP contribution in [0.2, 0.25) is 0 Å². The highest BCUT2D eigenvalue weighted by Crippen LogP contribution is 2.23. The standard InChI is InChI=1S/C23H22FN3O2/c1-16(27(2)23(29)26-21-14-7-6-13-20(21)24)18-11-8-12-19(15-18)25-22(28)17-9-4-3-5-10-17/h3-16H,1-2H3,(H,25,28)(H,26,29)/t16-/m1/s1. The molecule has 0 fully saturated rings. The molecule has 0 saturated carbocycles. The number of para-hydroxylation sites is 1. The summed E-state index contributed by atoms with van der Waals surface area (Å²) in [5, 5.41) is 5.43. The quantitative estimate of drug-likeness (QED) is 0.620. The molecular formula is C23H22FN3O2. The van der Waals surface area contributed by atoms with Crippen molar-refractivity contribution in [2.45, 2.75) is 13.0 Å². The first-order chi connectivity index (χ1) is 14.0. The van der Waals surface area contributed by atoms with Crippen LogP contribution in [0, 0.1) is 5.82 Å². The Kier molecular flexibility index (Phi) is 6.24. The van der Waals surface area contributed by atoms with Crippen LogP contribution in [-0.4, -0.2) is 23.9 Å². The molecule has 3 aromatic carbocycles. The molecule has 6 heteroatoms. The topological polar surface area (TPSA) is 61.4 Å². The third-order valence-corrected chi connectivity index (χ3v) is 4.68. The van der Waals surface area contributed by atoms with E-state index in [4.69, 9.17) is 0 Å². The molecule has 5 nitrogen and oxygen atoms in total. The molecule has 3 amide bonds. The lowest BCUT2D eigenvalue weighted by Gasteiger charge is -2.26. The van der Waals surface area contributed by atoms with E-state index >= 15 is 0 Å². The van der Waals surface area contributed by atoms with Crippen LogP contribution < -0.4 is 10.6 Å². The summed E-state index contributed by atoms with van der Waals surface area (Å²) in [5.74, 6) is -0.700. The first-order valence-corrected chi connectivity index (χ1v) is 9.20. The first kappa shape index (κ1) is 20.1. The minimum absolute atomic E-state index is 0.125. The molecule has 2 N–H and O–H groups in total. The molecule has 0 aliphatic carbocycles. The Balaban J connectivity index is 1.69. The number of anilines is 2. The predicted molar refractivity (Wildman–Crippen MR) is 112 cm³/mol. The largest absolute Gasteiger partial charge is 0.322 e. The van der Waals surface area contributed by atoms with Crippen LogP contribution in [0.15, 0.2) is 78.9 Å². The number of urea groups is 1. The van der Waals surface area contributed by atoms with Crippen molar-refractivity contribution >= 4 is 23.3 Å². The van der Waals surface area contributed by atoms with Gasteiger partial charge in [-0.3, -0.25) is 4.79 Å². The van der Waals surface area contributed by atoms with Crippen LogP contribution in [0.4, 0.5) is 20.6 Å². The van der Waals surface area contributed by atoms with Gasteiger partial charge >= 0.3 is 6.03 Å². The average Bonchev–Trinajstić information content (AvgIpc) is 2.75. The van der Waals surface area contributed by atoms with Crippen LogP contribution in [-0.2, 0) is 0 Å². The van der Waals surface area contributed by atoms with Crippen molar-refractivity contribution in [3.05, 3.63) is 95.8 Å². The van der Waals surface area contributed by atoms with Gasteiger partial charge in [-0.2, -0.15) is 0 Å². The van der Waals surface area contributed by atoms with Crippen LogP contribution in [0.1, 0.15) is 28.9 Å². The Morgan fingerprint density at radius 1 is 0.897 bits per heavy atom. The third kappa shape index (κ3) is 4.99. The van der Waals surface area contributed by atoms with Gasteiger partial charge in [0.25, 0.3) is 5.91 Å². The highest BCUT2D eigenvalue weighted by molar-refractivity contribution is 6.04. The Morgan fingerprint density at radius 2 is 1.59 bits per heavy atom. The van der Waals surface area contributed by atoms with E-state index in [9.17, 15) is 14.0 Å². The zero-order valence-electron chi connectivity index (χ0n) is 16.2. The van der Waals surface area contributed by atoms with Gasteiger partial charge < -0.3 is 15.5 Å². The Hall–Kier alpha value is -3.67. The zero-order chi connectivity index (χ0) is 20.8. The fraction of sp³-hybridized carbons (Fsp3) is 0.130. The lowest BCUT2D eigenvalue weighted by Crippen LogP contribution is -2.33. The van der Waals surface area contributed by atoms with Gasteiger partial charge in [0, 0.05) is 18.3 Å². The number of hydrogen-bond donors (Lipinski definition) is 2. The van der Waals surface area contributed by atoms with Crippen molar-refractivity contribution in [1.29, 1.82) is 0 Å². The van der Waals surface area contributed by atoms with Gasteiger partial charge in [-0.25, -0.2) is 9.18 Å². The highest BCUT2D eigenvalue weighted by atomic mass is 19.1. The lowest BCUT2D eigenvalue weighted by molar-refractivity contribution is 0.102. The first-order valence-electron chi connectivity index (χ1n) is 9.20. The third-order valence-electron chi connectivity index (χ3n) is 4.68. The van der Waals surface area contributed by atoms with Gasteiger partial charge in [-0.1, -0.05) is 42.5 Å². The number of hydrogen-bond acceptors (Lipinski definition) is 2. The van der Waals surface area contributed by atoms with E-state index in [0.29, 0.717) is 11.3 Å². The molecule has 0 spiro atoms. The predicted octanol–water partition coefficient (Wildman–Crippen LogP) is 5.30. The van der Waals surface area contributed by atoms with Gasteiger partial charge in [-0.05, 0) is 48.9 Å². The molecule has 3 rings (SSSR count). The summed E-state index contributed by atoms with van der Waals surface area (Å²) < 4.78 is 13.8. The van der Waals surface area contributed by atoms with E-state index in [1.54, 1.807) is 49.5 Å². The monoisotopic (exact) mass is 391 g/mol. The van der Waals surface area contributed by atoms with Gasteiger partial charge in [0.15, 0.2) is 0 Å². The molecule has 0 saturated heterocycles. The van der Waals surface area contributed by atoms with E-state index in [1.807, 2.05) is 31.2 Å². The number of nitrogens with one attached hydrogen (secondary N) is 2. The summed E-state index contributed by atoms with van der Waals surface area (Å²) in [7, 11) is 1.63. The second-order valence-corrected chi connectivity index (χ2v) is 6.64. The number of benzene rings is 3. The van der Waals surface area contributed by atoms with Gasteiger partial charge in [-0.15, -0.1) is 0 Å². The molecule has 1 atom stereocenters. The molecule has 148 valence electrons. The van der Waals surface area contributed by atoms with E-state index in [0.717, 1.165) is 5.56 Å². The Morgan fingerprint density at radius 3 is 2.31 bits per heavy atom. The van der Waals surface area contributed by atoms with Crippen LogP contribution >= 0.6 is 0 Å². The maximum absolute atomic E-state index is 13.8. The summed E-state index contributed by atoms with van der Waals surface area (Å²) in [6.07, 6.45) is 0. The van der Waals surface area contributed by atoms with Crippen molar-refractivity contribution < 1.29 is 14.0 Å². The summed E-state index contributed by atoms with van der Waals surface area (Å²) in [6, 6.07) is 21.5. The number of amides is 3. The van der Waals surface area contributed by atoms with Gasteiger partial charge in [0.1, 0.15) is 5.82 Å². The lowest BCUT2D eigenvalue weighted by atomic mass is 10.1. The van der Waals surface area contributed by atoms with Crippen LogP contribution in [0.25, 0.3) is 0 Å². The fourth-order valence-corrected chi connectivity index (χ4v) is 2.83. The molecule has 0 bridgehead atoms. The molecule has 0 heterocycles. The smallest absolute Gasteiger partial charge is 0.322 e. The molecule has 0 aromatic heterocycles. The number of carbonyl (C=O) groups is 2. The minimum atomic E-state index is -0.493. The number of nitrogens with zero attached hydrogens (tertiary/aromatic N) is 1. The van der Waals surface area contributed by atoms with Crippen molar-refractivity contribution in [3.63, 3.8) is 0 Å². The van der Waals surface area contributed by atoms with Crippen molar-refractivity contribution in [2.75, 3.05) is 17.7 Å². The van der Waals surface area contributed by atoms with E-state index in [-0.39, 0.29) is 17.6 Å². The van der Waals surface area contributed by atoms with Crippen LogP contribution in [0.3, 0.4) is 0 Å². The SMILES string of the molecule is C[C@H](c1cccc(NC(=O)c2ccccc2)c1)N(C)C(=O)Nc1ccccc1F. The minimum Gasteiger partial charge on any atom is -0.322 e. The Labute approximate surface area is 169 Å². The summed E-state index contributed by atoms with van der Waals surface area (Å²) >= 11 is 0. The highest BCUT2D eigenvalue weighted by Gasteiger charge is 2.19. The average molecular weight is 391 g/mol. The normalized spacial score (nSPS) is 11.4. The molecule has 29 heavy (non-hydrogen) atoms. The molecule has 0 radical (unpaired) electrons. The maximum atomic E-state index is 13.8. The van der Waals surface area contributed by atoms with Crippen molar-refractivity contribution in [2.24, 2.45) is 0 Å². The van der Waals surface area contributed by atoms with Crippen molar-refractivity contribution in [1.82, 2.24) is 4.90 Å². The number of carbonyl (C=O) groups excluding carboxylic acids is 2. The molecule has 0 aliphatic heterocycles. The number of rotatable bonds is 5. The second-order valence-electron chi connectivity index (χ2n) is 6.64. The second kappa shape index (κ2) is 9.01. The summed E-state index contributed by atoms with van der Waals surface area (Å²) in [5.41, 5.74) is 2.15. The summed E-state index contributed by atoms with van der Waals surface area (Å²) in [6.45, 7) is 1.86. The van der Waals surface area contributed by atoms with E-state index in [1.165, 1.54) is 17.0 Å². The van der Waals surface area contributed by atoms with Gasteiger partial charge in [0.2, 0.25) is 0 Å². The zero-order valence-corrected chi connectivity index (χ0v) is 16.2. The molecule has 0 aliphatic rings. The van der Waals surface area contributed by atoms with E-state index in [2.05, 4.69) is 10.6 Å². The van der Waals surface area contributed by atoms with Crippen LogP contribution in [0.5, 0.6) is 0 Å². The molecule has 0 unspecified atom stereocenters. The summed E-state index contributed by atoms with van der Waals surface area (Å²) in [4.78, 5) is 26.3. The number of halogens is 1. The molecule has 3 aromatic rings. The Bertz CT molecular complexity index is 1010. The maximum Gasteiger partial charge on any atom is 0.322 e. The van der Waals surface area contributed by atoms with E-state index < -0.39 is 11.8 Å². The molecular weight excluding hydrogens is 369 g/mol. The van der Waals surface area contributed by atoms with Gasteiger partial charge in [0.05, 0.1) is 11.7 Å². The fourth-order valence-electron chi connectivity index (χ4n) is 2.83. The van der Waals surface area contributed by atoms with Crippen molar-refractivity contribution in [3.8, 4) is 0 Å².